The predicted molar refractivity (Wildman–Crippen MR) is 66.6 cm³/mol. The van der Waals surface area contributed by atoms with Crippen molar-refractivity contribution in [2.45, 2.75) is 7.43 Å². The molecule has 0 aliphatic carbocycles. The van der Waals surface area contributed by atoms with Crippen LogP contribution in [0.25, 0.3) is 0 Å². The Bertz CT molecular complexity index is 340. The highest BCUT2D eigenvalue weighted by Gasteiger charge is 1.92. The predicted octanol–water partition coefficient (Wildman–Crippen LogP) is -8.20. The monoisotopic (exact) mass is 314 g/mol. The van der Waals surface area contributed by atoms with E-state index >= 15 is 0 Å². The molecule has 0 aromatic rings. The van der Waals surface area contributed by atoms with Crippen molar-refractivity contribution in [3.63, 3.8) is 0 Å². The first-order valence-electron chi connectivity index (χ1n) is 4.47. The van der Waals surface area contributed by atoms with E-state index in [-0.39, 0.29) is 32.4 Å². The SMILES string of the molecule is C.NC(N)=[NH+]CC(=O)O.NC(N)=[NH+]CC(=O)[O-].O=[N+]([O-])O. The Balaban J connectivity index is -0.000000107. The number of carboxylic acids is 2. The van der Waals surface area contributed by atoms with Crippen LogP contribution in [0.2, 0.25) is 0 Å². The third kappa shape index (κ3) is 80.6. The van der Waals surface area contributed by atoms with Gasteiger partial charge in [-0.15, -0.1) is 10.1 Å². The number of aliphatic carboxylic acids is 2. The number of carbonyl (C=O) groups is 2. The van der Waals surface area contributed by atoms with Gasteiger partial charge < -0.3 is 20.2 Å². The summed E-state index contributed by atoms with van der Waals surface area (Å²) in [5, 5.41) is 31.2. The van der Waals surface area contributed by atoms with E-state index in [1.54, 1.807) is 0 Å². The molecule has 0 spiro atoms. The molecular formula is C7H20N7O7+. The van der Waals surface area contributed by atoms with Crippen LogP contribution < -0.4 is 38.0 Å². The van der Waals surface area contributed by atoms with Crippen molar-refractivity contribution in [1.82, 2.24) is 0 Å². The Kier molecular flexibility index (Phi) is 20.9. The Hall–Kier alpha value is -3.32. The van der Waals surface area contributed by atoms with Crippen molar-refractivity contribution in [2.75, 3.05) is 13.1 Å². The molecule has 14 heteroatoms. The molecule has 0 aromatic heterocycles. The van der Waals surface area contributed by atoms with Gasteiger partial charge in [0.05, 0.1) is 5.97 Å². The number of nitrogens with zero attached hydrogens (tertiary/aromatic N) is 1. The summed E-state index contributed by atoms with van der Waals surface area (Å²) < 4.78 is 0. The number of guanidine groups is 2. The van der Waals surface area contributed by atoms with Crippen LogP contribution in [-0.2, 0) is 9.59 Å². The van der Waals surface area contributed by atoms with Crippen LogP contribution in [-0.4, -0.2) is 52.3 Å². The molecule has 14 nitrogen and oxygen atoms in total. The average molecular weight is 314 g/mol. The van der Waals surface area contributed by atoms with Gasteiger partial charge in [0, 0.05) is 0 Å². The van der Waals surface area contributed by atoms with Crippen LogP contribution in [0.3, 0.4) is 0 Å². The summed E-state index contributed by atoms with van der Waals surface area (Å²) in [5.74, 6) is -2.42. The number of hydrogen-bond acceptors (Lipinski definition) is 5. The Morgan fingerprint density at radius 1 is 1.05 bits per heavy atom. The fourth-order valence-electron chi connectivity index (χ4n) is 0.352. The molecule has 0 fully saturated rings. The fraction of sp³-hybridized carbons (Fsp3) is 0.429. The Morgan fingerprint density at radius 3 is 1.43 bits per heavy atom. The van der Waals surface area contributed by atoms with E-state index in [1.807, 2.05) is 0 Å². The van der Waals surface area contributed by atoms with Crippen molar-refractivity contribution < 1.29 is 40.1 Å². The highest BCUT2D eigenvalue weighted by molar-refractivity contribution is 5.72. The molecule has 124 valence electrons. The van der Waals surface area contributed by atoms with Crippen LogP contribution in [0, 0.1) is 10.1 Å². The maximum atomic E-state index is 9.72. The van der Waals surface area contributed by atoms with Crippen LogP contribution in [0.1, 0.15) is 7.43 Å². The summed E-state index contributed by atoms with van der Waals surface area (Å²) in [7, 11) is 0. The lowest BCUT2D eigenvalue weighted by molar-refractivity contribution is -0.742. The second-order valence-electron chi connectivity index (χ2n) is 2.62. The summed E-state index contributed by atoms with van der Waals surface area (Å²) >= 11 is 0. The van der Waals surface area contributed by atoms with Gasteiger partial charge in [-0.05, 0) is 0 Å². The normalized spacial score (nSPS) is 7.24. The third-order valence-electron chi connectivity index (χ3n) is 0.881. The second kappa shape index (κ2) is 16.7. The van der Waals surface area contributed by atoms with Crippen molar-refractivity contribution >= 4 is 23.9 Å². The van der Waals surface area contributed by atoms with E-state index in [0.29, 0.717) is 0 Å². The summed E-state index contributed by atoms with van der Waals surface area (Å²) in [6, 6.07) is 0. The molecule has 0 aliphatic rings. The van der Waals surface area contributed by atoms with Crippen molar-refractivity contribution in [1.29, 1.82) is 0 Å². The van der Waals surface area contributed by atoms with Gasteiger partial charge in [-0.25, -0.2) is 4.79 Å². The molecule has 0 atom stereocenters. The van der Waals surface area contributed by atoms with E-state index in [1.165, 1.54) is 0 Å². The molecule has 0 radical (unpaired) electrons. The number of nitrogens with one attached hydrogen (secondary N) is 2. The zero-order valence-corrected chi connectivity index (χ0v) is 10.1. The van der Waals surface area contributed by atoms with Gasteiger partial charge in [0.2, 0.25) is 0 Å². The number of carboxylic acid groups (broad SMARTS) is 2. The largest absolute Gasteiger partial charge is 0.547 e. The fourth-order valence-corrected chi connectivity index (χ4v) is 0.352. The molecule has 0 aromatic carbocycles. The number of hydrogen-bond donors (Lipinski definition) is 8. The quantitative estimate of drug-likeness (QED) is 0.104. The van der Waals surface area contributed by atoms with Gasteiger partial charge in [-0.3, -0.25) is 32.9 Å². The average Bonchev–Trinajstić information content (AvgIpc) is 2.23. The first-order chi connectivity index (χ1) is 8.98. The molecule has 0 rings (SSSR count). The maximum absolute atomic E-state index is 9.72. The highest BCUT2D eigenvalue weighted by Crippen LogP contribution is 1.42. The highest BCUT2D eigenvalue weighted by atomic mass is 16.9. The molecule has 0 unspecified atom stereocenters. The van der Waals surface area contributed by atoms with Crippen molar-refractivity contribution in [3.8, 4) is 0 Å². The minimum atomic E-state index is -1.50. The topological polar surface area (TPSA) is 273 Å². The van der Waals surface area contributed by atoms with Gasteiger partial charge in [0.1, 0.15) is 6.54 Å². The lowest BCUT2D eigenvalue weighted by Gasteiger charge is -1.91. The molecule has 0 saturated heterocycles. The summed E-state index contributed by atoms with van der Waals surface area (Å²) in [5.41, 5.74) is 19.4. The first-order valence-corrected chi connectivity index (χ1v) is 4.47. The van der Waals surface area contributed by atoms with E-state index in [2.05, 4.69) is 9.98 Å². The van der Waals surface area contributed by atoms with E-state index in [4.69, 9.17) is 43.4 Å². The van der Waals surface area contributed by atoms with Crippen molar-refractivity contribution in [3.05, 3.63) is 10.1 Å². The summed E-state index contributed by atoms with van der Waals surface area (Å²) in [4.78, 5) is 32.1. The minimum absolute atomic E-state index is 0. The smallest absolute Gasteiger partial charge is 0.339 e. The number of rotatable bonds is 4. The summed E-state index contributed by atoms with van der Waals surface area (Å²) in [6.07, 6.45) is 0. The van der Waals surface area contributed by atoms with Crippen LogP contribution in [0.4, 0.5) is 0 Å². The van der Waals surface area contributed by atoms with E-state index in [0.717, 1.165) is 0 Å². The van der Waals surface area contributed by atoms with Crippen LogP contribution in [0.5, 0.6) is 0 Å². The molecule has 12 N–H and O–H groups in total. The standard InChI is InChI=1S/2C3H7N3O2.CH4.HNO3/c2*4-3(5)6-1-2(7)8;;2-1(3)4/h2*1H2,(H,7,8)(H4,4,5,6);1H4;(H,2,3,4)/p+1. The molecular weight excluding hydrogens is 294 g/mol. The molecule has 0 heterocycles. The first kappa shape index (κ1) is 26.3. The van der Waals surface area contributed by atoms with Gasteiger partial charge in [0.15, 0.2) is 6.54 Å². The second-order valence-corrected chi connectivity index (χ2v) is 2.62. The van der Waals surface area contributed by atoms with Gasteiger partial charge >= 0.3 is 17.9 Å². The lowest BCUT2D eigenvalue weighted by atomic mass is 10.7. The Morgan fingerprint density at radius 2 is 1.33 bits per heavy atom. The van der Waals surface area contributed by atoms with Crippen LogP contribution in [0.15, 0.2) is 0 Å². The molecule has 21 heavy (non-hydrogen) atoms. The maximum Gasteiger partial charge on any atom is 0.339 e. The molecule has 0 aliphatic heterocycles. The zero-order valence-electron chi connectivity index (χ0n) is 10.1. The van der Waals surface area contributed by atoms with Crippen LogP contribution >= 0.6 is 0 Å². The third-order valence-corrected chi connectivity index (χ3v) is 0.881. The molecule has 0 saturated carbocycles. The summed E-state index contributed by atoms with van der Waals surface area (Å²) in [6.45, 7) is -0.579. The van der Waals surface area contributed by atoms with Gasteiger partial charge in [-0.2, -0.15) is 0 Å². The molecule has 0 amide bonds. The zero-order chi connectivity index (χ0) is 16.7. The number of carbonyl (C=O) groups excluding carboxylic acids is 1. The van der Waals surface area contributed by atoms with E-state index in [9.17, 15) is 14.7 Å². The van der Waals surface area contributed by atoms with E-state index < -0.39 is 17.0 Å². The molecule has 0 bridgehead atoms. The Labute approximate surface area is 118 Å². The minimum Gasteiger partial charge on any atom is -0.547 e. The van der Waals surface area contributed by atoms with Gasteiger partial charge in [0.25, 0.3) is 5.09 Å². The van der Waals surface area contributed by atoms with Gasteiger partial charge in [-0.1, -0.05) is 7.43 Å². The van der Waals surface area contributed by atoms with Crippen molar-refractivity contribution in [2.24, 2.45) is 22.9 Å². The number of nitrogens with two attached hydrogens (primary N) is 4. The lowest BCUT2D eigenvalue weighted by Crippen LogP contribution is -2.80.